The number of aliphatic hydroxyl groups is 1. The maximum Gasteiger partial charge on any atom is 0.469 e. The van der Waals surface area contributed by atoms with Gasteiger partial charge in [-0.15, -0.1) is 0 Å². The number of phosphoric acid groups is 1. The van der Waals surface area contributed by atoms with Crippen LogP contribution in [0.1, 0.15) is 23.1 Å². The molecule has 1 amide bonds. The number of carbonyl (C=O) groups is 1. The molecule has 0 radical (unpaired) electrons. The number of hydrogen-bond acceptors (Lipinski definition) is 8. The molecule has 0 spiro atoms. The van der Waals surface area contributed by atoms with E-state index in [9.17, 15) is 14.5 Å². The van der Waals surface area contributed by atoms with Gasteiger partial charge in [0.1, 0.15) is 12.3 Å². The number of nitrogens with one attached hydrogen (secondary N) is 2. The highest BCUT2D eigenvalue weighted by Crippen LogP contribution is 2.40. The number of hydrogen-bond donors (Lipinski definition) is 5. The maximum atomic E-state index is 12.1. The molecule has 1 aromatic heterocycles. The number of aromatic nitrogens is 2. The molecule has 5 N–H and O–H groups in total. The highest BCUT2D eigenvalue weighted by atomic mass is 31.2. The van der Waals surface area contributed by atoms with Crippen molar-refractivity contribution in [2.75, 3.05) is 11.5 Å². The molecule has 13 heteroatoms. The monoisotopic (exact) mass is 373 g/mol. The van der Waals surface area contributed by atoms with E-state index in [1.807, 2.05) is 0 Å². The van der Waals surface area contributed by atoms with Crippen molar-refractivity contribution < 1.29 is 33.5 Å². The third-order valence-electron chi connectivity index (χ3n) is 4.18. The molecule has 25 heavy (non-hydrogen) atoms. The van der Waals surface area contributed by atoms with Crippen LogP contribution in [-0.4, -0.2) is 55.5 Å². The smallest absolute Gasteiger partial charge is 0.390 e. The van der Waals surface area contributed by atoms with Crippen LogP contribution in [0.15, 0.2) is 18.7 Å². The SMILES string of the molecule is O=C1NC2NC=CN2c2c1ncn2[C@H]1C[C@H](O)[C@@H](COP(=O)(O)O)O1. The van der Waals surface area contributed by atoms with E-state index in [0.717, 1.165) is 0 Å². The summed E-state index contributed by atoms with van der Waals surface area (Å²) >= 11 is 0. The van der Waals surface area contributed by atoms with Gasteiger partial charge in [-0.1, -0.05) is 0 Å². The summed E-state index contributed by atoms with van der Waals surface area (Å²) in [6, 6.07) is 0. The van der Waals surface area contributed by atoms with Crippen molar-refractivity contribution in [3.8, 4) is 0 Å². The van der Waals surface area contributed by atoms with Gasteiger partial charge in [0.2, 0.25) is 0 Å². The molecule has 4 atom stereocenters. The maximum absolute atomic E-state index is 12.1. The Bertz CT molecular complexity index is 776. The summed E-state index contributed by atoms with van der Waals surface area (Å²) in [4.78, 5) is 35.5. The van der Waals surface area contributed by atoms with Crippen LogP contribution in [0.2, 0.25) is 0 Å². The fourth-order valence-electron chi connectivity index (χ4n) is 3.07. The van der Waals surface area contributed by atoms with E-state index in [4.69, 9.17) is 14.5 Å². The van der Waals surface area contributed by atoms with Crippen molar-refractivity contribution in [2.45, 2.75) is 31.1 Å². The Morgan fingerprint density at radius 1 is 1.48 bits per heavy atom. The topological polar surface area (TPSA) is 158 Å². The van der Waals surface area contributed by atoms with E-state index in [-0.39, 0.29) is 18.0 Å². The predicted octanol–water partition coefficient (Wildman–Crippen LogP) is -1.45. The molecular formula is C12H16N5O7P. The lowest BCUT2D eigenvalue weighted by molar-refractivity contribution is -0.0431. The van der Waals surface area contributed by atoms with Crippen molar-refractivity contribution >= 4 is 19.5 Å². The first-order valence-corrected chi connectivity index (χ1v) is 8.99. The van der Waals surface area contributed by atoms with E-state index in [1.54, 1.807) is 21.9 Å². The number of anilines is 1. The zero-order valence-corrected chi connectivity index (χ0v) is 13.6. The van der Waals surface area contributed by atoms with Crippen LogP contribution in [0.5, 0.6) is 0 Å². The Morgan fingerprint density at radius 3 is 3.04 bits per heavy atom. The Balaban J connectivity index is 1.57. The summed E-state index contributed by atoms with van der Waals surface area (Å²) in [5, 5.41) is 15.8. The van der Waals surface area contributed by atoms with Crippen LogP contribution in [-0.2, 0) is 13.8 Å². The van der Waals surface area contributed by atoms with E-state index in [0.29, 0.717) is 5.82 Å². The first-order chi connectivity index (χ1) is 11.8. The summed E-state index contributed by atoms with van der Waals surface area (Å²) in [6.45, 7) is -0.451. The van der Waals surface area contributed by atoms with Crippen molar-refractivity contribution in [3.05, 3.63) is 24.4 Å². The predicted molar refractivity (Wildman–Crippen MR) is 80.8 cm³/mol. The van der Waals surface area contributed by atoms with Gasteiger partial charge in [0.05, 0.1) is 19.0 Å². The highest BCUT2D eigenvalue weighted by molar-refractivity contribution is 7.46. The van der Waals surface area contributed by atoms with Crippen LogP contribution in [0.25, 0.3) is 0 Å². The number of aliphatic hydroxyl groups excluding tert-OH is 1. The second kappa shape index (κ2) is 5.80. The molecule has 3 aliphatic heterocycles. The van der Waals surface area contributed by atoms with Crippen molar-refractivity contribution in [1.29, 1.82) is 0 Å². The van der Waals surface area contributed by atoms with Gasteiger partial charge in [0, 0.05) is 18.8 Å². The Labute approximate surface area is 141 Å². The Hall–Kier alpha value is -1.95. The number of amides is 1. The van der Waals surface area contributed by atoms with Crippen LogP contribution in [0.4, 0.5) is 5.82 Å². The van der Waals surface area contributed by atoms with E-state index < -0.39 is 39.2 Å². The average molecular weight is 373 g/mol. The minimum absolute atomic E-state index is 0.162. The molecule has 0 aliphatic carbocycles. The average Bonchev–Trinajstić information content (AvgIpc) is 3.21. The van der Waals surface area contributed by atoms with Gasteiger partial charge >= 0.3 is 7.82 Å². The largest absolute Gasteiger partial charge is 0.469 e. The van der Waals surface area contributed by atoms with Crippen molar-refractivity contribution in [3.63, 3.8) is 0 Å². The number of carbonyl (C=O) groups excluding carboxylic acids is 1. The van der Waals surface area contributed by atoms with Crippen LogP contribution in [0, 0.1) is 0 Å². The molecule has 4 rings (SSSR count). The van der Waals surface area contributed by atoms with E-state index in [2.05, 4.69) is 20.1 Å². The van der Waals surface area contributed by atoms with Gasteiger partial charge < -0.3 is 30.3 Å². The molecule has 4 heterocycles. The second-order valence-corrected chi connectivity index (χ2v) is 7.05. The zero-order chi connectivity index (χ0) is 17.8. The fourth-order valence-corrected chi connectivity index (χ4v) is 3.41. The third kappa shape index (κ3) is 2.92. The quantitative estimate of drug-likeness (QED) is 0.395. The van der Waals surface area contributed by atoms with Gasteiger partial charge in [-0.2, -0.15) is 0 Å². The number of phosphoric ester groups is 1. The molecule has 1 aromatic rings. The number of rotatable bonds is 4. The first kappa shape index (κ1) is 16.5. The van der Waals surface area contributed by atoms with Gasteiger partial charge in [-0.3, -0.25) is 18.8 Å². The third-order valence-corrected chi connectivity index (χ3v) is 4.67. The first-order valence-electron chi connectivity index (χ1n) is 7.46. The minimum Gasteiger partial charge on any atom is -0.390 e. The Kier molecular flexibility index (Phi) is 3.83. The number of fused-ring (bicyclic) bond motifs is 3. The van der Waals surface area contributed by atoms with E-state index in [1.165, 1.54) is 6.33 Å². The molecule has 1 unspecified atom stereocenters. The number of ether oxygens (including phenoxy) is 1. The Morgan fingerprint density at radius 2 is 2.28 bits per heavy atom. The molecule has 1 fully saturated rings. The summed E-state index contributed by atoms with van der Waals surface area (Å²) in [7, 11) is -4.66. The summed E-state index contributed by atoms with van der Waals surface area (Å²) in [6.07, 6.45) is 2.04. The molecule has 1 saturated heterocycles. The second-order valence-electron chi connectivity index (χ2n) is 5.81. The lowest BCUT2D eigenvalue weighted by Gasteiger charge is -2.32. The van der Waals surface area contributed by atoms with Crippen LogP contribution < -0.4 is 15.5 Å². The van der Waals surface area contributed by atoms with Gasteiger partial charge in [0.15, 0.2) is 17.8 Å². The number of imidazole rings is 1. The minimum atomic E-state index is -4.66. The molecule has 12 nitrogen and oxygen atoms in total. The molecule has 0 bridgehead atoms. The lowest BCUT2D eigenvalue weighted by atomic mass is 10.2. The molecule has 136 valence electrons. The summed E-state index contributed by atoms with van der Waals surface area (Å²) in [5.41, 5.74) is 0.220. The summed E-state index contributed by atoms with van der Waals surface area (Å²) < 4.78 is 22.5. The van der Waals surface area contributed by atoms with Gasteiger partial charge in [-0.05, 0) is 0 Å². The van der Waals surface area contributed by atoms with Gasteiger partial charge in [-0.25, -0.2) is 9.55 Å². The molecule has 0 saturated carbocycles. The van der Waals surface area contributed by atoms with Crippen LogP contribution in [0.3, 0.4) is 0 Å². The molecule has 0 aromatic carbocycles. The molecular weight excluding hydrogens is 357 g/mol. The van der Waals surface area contributed by atoms with Crippen LogP contribution >= 0.6 is 7.82 Å². The van der Waals surface area contributed by atoms with Gasteiger partial charge in [0.25, 0.3) is 5.91 Å². The molecule has 3 aliphatic rings. The standard InChI is InChI=1S/C12H16N5O7P/c18-6-3-8(24-7(6)4-23-25(20,21)22)17-5-14-9-10(19)15-12-13-1-2-16(12)11(9)17/h1-2,5-8,12-13,18H,3-4H2,(H,15,19)(H2,20,21,22)/t6-,7+,8+,12?/m0/s1. The van der Waals surface area contributed by atoms with E-state index >= 15 is 0 Å². The number of nitrogens with zero attached hydrogens (tertiary/aromatic N) is 3. The normalized spacial score (nSPS) is 30.8. The zero-order valence-electron chi connectivity index (χ0n) is 12.7. The lowest BCUT2D eigenvalue weighted by Crippen LogP contribution is -2.54. The summed E-state index contributed by atoms with van der Waals surface area (Å²) in [5.74, 6) is 0.162. The van der Waals surface area contributed by atoms with Crippen molar-refractivity contribution in [1.82, 2.24) is 20.2 Å². The highest BCUT2D eigenvalue weighted by Gasteiger charge is 2.41. The van der Waals surface area contributed by atoms with Crippen molar-refractivity contribution in [2.24, 2.45) is 0 Å². The fraction of sp³-hybridized carbons (Fsp3) is 0.500.